The molecule has 1 heterocycles. The number of nitrogens with zero attached hydrogens (tertiary/aromatic N) is 1. The predicted molar refractivity (Wildman–Crippen MR) is 79.6 cm³/mol. The van der Waals surface area contributed by atoms with E-state index >= 15 is 0 Å². The summed E-state index contributed by atoms with van der Waals surface area (Å²) in [5.74, 6) is -1.95. The molecule has 0 N–H and O–H groups in total. The lowest BCUT2D eigenvalue weighted by atomic mass is 10.0. The molecule has 1 unspecified atom stereocenters. The summed E-state index contributed by atoms with van der Waals surface area (Å²) < 4.78 is 31.3. The molecule has 1 atom stereocenters. The molecule has 0 spiro atoms. The van der Waals surface area contributed by atoms with Gasteiger partial charge < -0.3 is 9.64 Å². The normalized spacial score (nSPS) is 16.5. The van der Waals surface area contributed by atoms with Crippen LogP contribution in [0.3, 0.4) is 0 Å². The molecule has 0 bridgehead atoms. The van der Waals surface area contributed by atoms with Gasteiger partial charge in [-0.2, -0.15) is 0 Å². The number of anilines is 2. The summed E-state index contributed by atoms with van der Waals surface area (Å²) >= 11 is 0. The zero-order valence-electron chi connectivity index (χ0n) is 12.3. The van der Waals surface area contributed by atoms with Gasteiger partial charge in [0.25, 0.3) is 0 Å². The molecule has 3 nitrogen and oxygen atoms in total. The Morgan fingerprint density at radius 2 is 1.95 bits per heavy atom. The minimum Gasteiger partial charge on any atom is -0.465 e. The van der Waals surface area contributed by atoms with Crippen LogP contribution in [0.1, 0.15) is 28.8 Å². The molecular formula is C17H15F2NO2. The number of methoxy groups -OCH3 is 1. The highest BCUT2D eigenvalue weighted by Crippen LogP contribution is 2.41. The Balaban J connectivity index is 2.02. The number of benzene rings is 2. The second-order valence-electron chi connectivity index (χ2n) is 5.38. The molecule has 0 amide bonds. The number of ether oxygens (including phenoxy) is 1. The first-order chi connectivity index (χ1) is 10.5. The van der Waals surface area contributed by atoms with Gasteiger partial charge in [0, 0.05) is 29.9 Å². The average molecular weight is 303 g/mol. The SMILES string of the molecule is COC(=O)c1ccc2c(c1)C(C)CN2c1ccc(F)c(F)c1. The van der Waals surface area contributed by atoms with Crippen molar-refractivity contribution < 1.29 is 18.3 Å². The van der Waals surface area contributed by atoms with Gasteiger partial charge in [-0.1, -0.05) is 6.92 Å². The van der Waals surface area contributed by atoms with Crippen LogP contribution in [0.15, 0.2) is 36.4 Å². The minimum atomic E-state index is -0.871. The van der Waals surface area contributed by atoms with Crippen molar-refractivity contribution in [2.75, 3.05) is 18.6 Å². The van der Waals surface area contributed by atoms with Gasteiger partial charge in [-0.25, -0.2) is 13.6 Å². The maximum absolute atomic E-state index is 13.5. The van der Waals surface area contributed by atoms with E-state index in [9.17, 15) is 13.6 Å². The molecule has 0 radical (unpaired) electrons. The molecule has 5 heteroatoms. The molecule has 2 aromatic carbocycles. The highest BCUT2D eigenvalue weighted by molar-refractivity contribution is 5.91. The highest BCUT2D eigenvalue weighted by atomic mass is 19.2. The van der Waals surface area contributed by atoms with Crippen LogP contribution in [0.5, 0.6) is 0 Å². The van der Waals surface area contributed by atoms with Crippen LogP contribution in [-0.4, -0.2) is 19.6 Å². The number of rotatable bonds is 2. The van der Waals surface area contributed by atoms with E-state index in [0.717, 1.165) is 17.3 Å². The lowest BCUT2D eigenvalue weighted by molar-refractivity contribution is 0.0600. The topological polar surface area (TPSA) is 29.5 Å². The van der Waals surface area contributed by atoms with Gasteiger partial charge in [0.15, 0.2) is 11.6 Å². The summed E-state index contributed by atoms with van der Waals surface area (Å²) in [4.78, 5) is 13.5. The third-order valence-electron chi connectivity index (χ3n) is 3.94. The predicted octanol–water partition coefficient (Wildman–Crippen LogP) is 4.01. The fourth-order valence-electron chi connectivity index (χ4n) is 2.81. The van der Waals surface area contributed by atoms with E-state index in [1.54, 1.807) is 18.2 Å². The fourth-order valence-corrected chi connectivity index (χ4v) is 2.81. The number of hydrogen-bond acceptors (Lipinski definition) is 3. The summed E-state index contributed by atoms with van der Waals surface area (Å²) in [6.45, 7) is 2.67. The molecule has 1 aliphatic rings. The second-order valence-corrected chi connectivity index (χ2v) is 5.38. The number of carbonyl (C=O) groups is 1. The highest BCUT2D eigenvalue weighted by Gasteiger charge is 2.28. The molecule has 114 valence electrons. The molecule has 0 saturated carbocycles. The lowest BCUT2D eigenvalue weighted by Crippen LogP contribution is -2.14. The largest absolute Gasteiger partial charge is 0.465 e. The summed E-state index contributed by atoms with van der Waals surface area (Å²) in [6.07, 6.45) is 0. The van der Waals surface area contributed by atoms with E-state index in [4.69, 9.17) is 4.74 Å². The molecule has 0 saturated heterocycles. The monoisotopic (exact) mass is 303 g/mol. The van der Waals surface area contributed by atoms with Crippen LogP contribution in [0.4, 0.5) is 20.2 Å². The first-order valence-electron chi connectivity index (χ1n) is 6.96. The van der Waals surface area contributed by atoms with Crippen LogP contribution in [0.2, 0.25) is 0 Å². The summed E-state index contributed by atoms with van der Waals surface area (Å²) in [5, 5.41) is 0. The fraction of sp³-hybridized carbons (Fsp3) is 0.235. The molecule has 2 aromatic rings. The Bertz CT molecular complexity index is 745. The summed E-state index contributed by atoms with van der Waals surface area (Å²) in [6, 6.07) is 9.14. The van der Waals surface area contributed by atoms with E-state index in [1.165, 1.54) is 13.2 Å². The van der Waals surface area contributed by atoms with Gasteiger partial charge in [0.2, 0.25) is 0 Å². The van der Waals surface area contributed by atoms with E-state index in [-0.39, 0.29) is 11.9 Å². The van der Waals surface area contributed by atoms with Gasteiger partial charge in [0.1, 0.15) is 0 Å². The third-order valence-corrected chi connectivity index (χ3v) is 3.94. The van der Waals surface area contributed by atoms with Crippen LogP contribution in [0, 0.1) is 11.6 Å². The standard InChI is InChI=1S/C17H15F2NO2/c1-10-9-20(12-4-5-14(18)15(19)8-12)16-6-3-11(7-13(10)16)17(21)22-2/h3-8,10H,9H2,1-2H3. The van der Waals surface area contributed by atoms with Crippen LogP contribution in [-0.2, 0) is 4.74 Å². The average Bonchev–Trinajstić information content (AvgIpc) is 2.86. The quantitative estimate of drug-likeness (QED) is 0.785. The van der Waals surface area contributed by atoms with E-state index in [1.807, 2.05) is 17.9 Å². The smallest absolute Gasteiger partial charge is 0.337 e. The summed E-state index contributed by atoms with van der Waals surface area (Å²) in [5.41, 5.74) is 2.97. The van der Waals surface area contributed by atoms with Gasteiger partial charge in [-0.15, -0.1) is 0 Å². The molecule has 0 fully saturated rings. The number of carbonyl (C=O) groups excluding carboxylic acids is 1. The number of halogens is 2. The van der Waals surface area contributed by atoms with Crippen molar-refractivity contribution in [3.8, 4) is 0 Å². The van der Waals surface area contributed by atoms with Crippen molar-refractivity contribution in [1.29, 1.82) is 0 Å². The Morgan fingerprint density at radius 3 is 2.64 bits per heavy atom. The zero-order chi connectivity index (χ0) is 15.9. The second kappa shape index (κ2) is 5.40. The van der Waals surface area contributed by atoms with Crippen molar-refractivity contribution in [2.45, 2.75) is 12.8 Å². The lowest BCUT2D eigenvalue weighted by Gasteiger charge is -2.20. The Morgan fingerprint density at radius 1 is 1.18 bits per heavy atom. The summed E-state index contributed by atoms with van der Waals surface area (Å²) in [7, 11) is 1.34. The molecular weight excluding hydrogens is 288 g/mol. The number of fused-ring (bicyclic) bond motifs is 1. The third kappa shape index (κ3) is 2.32. The van der Waals surface area contributed by atoms with E-state index in [2.05, 4.69) is 0 Å². The minimum absolute atomic E-state index is 0.174. The van der Waals surface area contributed by atoms with Crippen LogP contribution in [0.25, 0.3) is 0 Å². The molecule has 1 aliphatic heterocycles. The number of esters is 1. The first kappa shape index (κ1) is 14.5. The van der Waals surface area contributed by atoms with Crippen molar-refractivity contribution in [3.63, 3.8) is 0 Å². The van der Waals surface area contributed by atoms with E-state index < -0.39 is 11.6 Å². The van der Waals surface area contributed by atoms with Crippen molar-refractivity contribution in [2.24, 2.45) is 0 Å². The molecule has 22 heavy (non-hydrogen) atoms. The number of hydrogen-bond donors (Lipinski definition) is 0. The Hall–Kier alpha value is -2.43. The van der Waals surface area contributed by atoms with Gasteiger partial charge in [-0.3, -0.25) is 0 Å². The van der Waals surface area contributed by atoms with Gasteiger partial charge >= 0.3 is 5.97 Å². The van der Waals surface area contributed by atoms with Crippen molar-refractivity contribution in [1.82, 2.24) is 0 Å². The van der Waals surface area contributed by atoms with Crippen LogP contribution >= 0.6 is 0 Å². The maximum atomic E-state index is 13.5. The molecule has 3 rings (SSSR count). The first-order valence-corrected chi connectivity index (χ1v) is 6.96. The molecule has 0 aromatic heterocycles. The van der Waals surface area contributed by atoms with Gasteiger partial charge in [-0.05, 0) is 35.9 Å². The Labute approximate surface area is 127 Å². The van der Waals surface area contributed by atoms with Crippen LogP contribution < -0.4 is 4.90 Å². The Kier molecular flexibility index (Phi) is 3.56. The zero-order valence-corrected chi connectivity index (χ0v) is 12.3. The van der Waals surface area contributed by atoms with Gasteiger partial charge in [0.05, 0.1) is 12.7 Å². The van der Waals surface area contributed by atoms with E-state index in [0.29, 0.717) is 17.8 Å². The maximum Gasteiger partial charge on any atom is 0.337 e. The molecule has 0 aliphatic carbocycles. The van der Waals surface area contributed by atoms with Crippen molar-refractivity contribution in [3.05, 3.63) is 59.2 Å². The van der Waals surface area contributed by atoms with Crippen molar-refractivity contribution >= 4 is 17.3 Å².